The van der Waals surface area contributed by atoms with Gasteiger partial charge in [-0.1, -0.05) is 18.2 Å². The summed E-state index contributed by atoms with van der Waals surface area (Å²) in [4.78, 5) is 24.9. The lowest BCUT2D eigenvalue weighted by atomic mass is 10.0. The molecule has 26 heavy (non-hydrogen) atoms. The first-order chi connectivity index (χ1) is 12.5. The maximum atomic E-state index is 13.6. The van der Waals surface area contributed by atoms with Gasteiger partial charge in [-0.25, -0.2) is 4.39 Å². The molecular formula is C20H18FN3O2. The van der Waals surface area contributed by atoms with Crippen LogP contribution >= 0.6 is 0 Å². The van der Waals surface area contributed by atoms with Crippen molar-refractivity contribution in [1.29, 1.82) is 5.26 Å². The average molecular weight is 351 g/mol. The second-order valence-corrected chi connectivity index (χ2v) is 6.32. The standard InChI is InChI=1S/C20H18FN3O2/c21-17-4-2-1-3-15(17)9-12-23-18(25)20(10-11-20)19(26)24-16-7-5-14(13-22)6-8-16/h1-8H,9-12H2,(H,23,25)(H,24,26). The van der Waals surface area contributed by atoms with Crippen LogP contribution in [0.5, 0.6) is 0 Å². The Morgan fingerprint density at radius 1 is 1.08 bits per heavy atom. The predicted molar refractivity (Wildman–Crippen MR) is 94.6 cm³/mol. The van der Waals surface area contributed by atoms with E-state index in [1.807, 2.05) is 6.07 Å². The number of rotatable bonds is 6. The van der Waals surface area contributed by atoms with E-state index in [-0.39, 0.29) is 24.2 Å². The first kappa shape index (κ1) is 17.6. The van der Waals surface area contributed by atoms with Gasteiger partial charge in [-0.3, -0.25) is 9.59 Å². The monoisotopic (exact) mass is 351 g/mol. The largest absolute Gasteiger partial charge is 0.355 e. The minimum absolute atomic E-state index is 0.270. The molecular weight excluding hydrogens is 333 g/mol. The summed E-state index contributed by atoms with van der Waals surface area (Å²) in [6.45, 7) is 0.270. The lowest BCUT2D eigenvalue weighted by Crippen LogP contribution is -2.40. The molecule has 1 aliphatic rings. The van der Waals surface area contributed by atoms with Gasteiger partial charge in [0.2, 0.25) is 11.8 Å². The molecule has 0 spiro atoms. The Labute approximate surface area is 150 Å². The van der Waals surface area contributed by atoms with Gasteiger partial charge in [-0.05, 0) is 55.2 Å². The van der Waals surface area contributed by atoms with Gasteiger partial charge in [0.15, 0.2) is 0 Å². The van der Waals surface area contributed by atoms with Crippen molar-refractivity contribution in [1.82, 2.24) is 5.32 Å². The number of nitriles is 1. The SMILES string of the molecule is N#Cc1ccc(NC(=O)C2(C(=O)NCCc3ccccc3F)CC2)cc1. The molecule has 1 aliphatic carbocycles. The van der Waals surface area contributed by atoms with Crippen molar-refractivity contribution in [2.45, 2.75) is 19.3 Å². The van der Waals surface area contributed by atoms with Crippen LogP contribution in [0, 0.1) is 22.6 Å². The van der Waals surface area contributed by atoms with Crippen LogP contribution in [-0.4, -0.2) is 18.4 Å². The van der Waals surface area contributed by atoms with Crippen molar-refractivity contribution in [2.24, 2.45) is 5.41 Å². The van der Waals surface area contributed by atoms with Gasteiger partial charge in [0.05, 0.1) is 11.6 Å². The van der Waals surface area contributed by atoms with E-state index >= 15 is 0 Å². The van der Waals surface area contributed by atoms with Crippen molar-refractivity contribution in [3.05, 3.63) is 65.5 Å². The lowest BCUT2D eigenvalue weighted by Gasteiger charge is -2.15. The third-order valence-corrected chi connectivity index (χ3v) is 4.53. The molecule has 6 heteroatoms. The molecule has 3 rings (SSSR count). The number of halogens is 1. The summed E-state index contributed by atoms with van der Waals surface area (Å²) in [7, 11) is 0. The topological polar surface area (TPSA) is 82.0 Å². The predicted octanol–water partition coefficient (Wildman–Crippen LogP) is 2.77. The minimum atomic E-state index is -1.05. The van der Waals surface area contributed by atoms with Gasteiger partial charge in [-0.2, -0.15) is 5.26 Å². The zero-order chi connectivity index (χ0) is 18.6. The zero-order valence-corrected chi connectivity index (χ0v) is 14.1. The molecule has 2 amide bonds. The Hall–Kier alpha value is -3.20. The second kappa shape index (κ2) is 7.36. The molecule has 1 saturated carbocycles. The molecule has 132 valence electrons. The van der Waals surface area contributed by atoms with Crippen LogP contribution in [0.3, 0.4) is 0 Å². The van der Waals surface area contributed by atoms with Crippen LogP contribution in [0.2, 0.25) is 0 Å². The van der Waals surface area contributed by atoms with Gasteiger partial charge in [0, 0.05) is 12.2 Å². The Morgan fingerprint density at radius 3 is 2.38 bits per heavy atom. The van der Waals surface area contributed by atoms with Crippen molar-refractivity contribution < 1.29 is 14.0 Å². The van der Waals surface area contributed by atoms with Crippen molar-refractivity contribution in [2.75, 3.05) is 11.9 Å². The van der Waals surface area contributed by atoms with Gasteiger partial charge in [-0.15, -0.1) is 0 Å². The van der Waals surface area contributed by atoms with E-state index in [2.05, 4.69) is 10.6 Å². The van der Waals surface area contributed by atoms with Crippen LogP contribution in [0.4, 0.5) is 10.1 Å². The Bertz CT molecular complexity index is 867. The first-order valence-corrected chi connectivity index (χ1v) is 8.38. The van der Waals surface area contributed by atoms with Crippen LogP contribution in [0.1, 0.15) is 24.0 Å². The highest BCUT2D eigenvalue weighted by molar-refractivity contribution is 6.13. The molecule has 0 bridgehead atoms. The molecule has 5 nitrogen and oxygen atoms in total. The molecule has 0 unspecified atom stereocenters. The molecule has 0 heterocycles. The molecule has 0 aliphatic heterocycles. The second-order valence-electron chi connectivity index (χ2n) is 6.32. The fraction of sp³-hybridized carbons (Fsp3) is 0.250. The number of hydrogen-bond donors (Lipinski definition) is 2. The van der Waals surface area contributed by atoms with E-state index in [4.69, 9.17) is 5.26 Å². The summed E-state index contributed by atoms with van der Waals surface area (Å²) in [5, 5.41) is 14.3. The van der Waals surface area contributed by atoms with Gasteiger partial charge in [0.25, 0.3) is 0 Å². The Morgan fingerprint density at radius 2 is 1.77 bits per heavy atom. The maximum Gasteiger partial charge on any atom is 0.240 e. The summed E-state index contributed by atoms with van der Waals surface area (Å²) in [5.41, 5.74) is 0.512. The highest BCUT2D eigenvalue weighted by atomic mass is 19.1. The number of carbonyl (C=O) groups excluding carboxylic acids is 2. The number of nitrogens with zero attached hydrogens (tertiary/aromatic N) is 1. The number of carbonyl (C=O) groups is 2. The van der Waals surface area contributed by atoms with E-state index in [1.165, 1.54) is 6.07 Å². The average Bonchev–Trinajstić information content (AvgIpc) is 3.46. The zero-order valence-electron chi connectivity index (χ0n) is 14.1. The van der Waals surface area contributed by atoms with Gasteiger partial charge in [0.1, 0.15) is 11.2 Å². The normalized spacial score (nSPS) is 14.2. The third kappa shape index (κ3) is 3.72. The molecule has 0 saturated heterocycles. The van der Waals surface area contributed by atoms with Gasteiger partial charge >= 0.3 is 0 Å². The lowest BCUT2D eigenvalue weighted by molar-refractivity contribution is -0.134. The third-order valence-electron chi connectivity index (χ3n) is 4.53. The minimum Gasteiger partial charge on any atom is -0.355 e. The van der Waals surface area contributed by atoms with Gasteiger partial charge < -0.3 is 10.6 Å². The molecule has 0 radical (unpaired) electrons. The summed E-state index contributed by atoms with van der Waals surface area (Å²) in [6, 6.07) is 14.9. The van der Waals surface area contributed by atoms with Crippen LogP contribution < -0.4 is 10.6 Å². The van der Waals surface area contributed by atoms with Crippen molar-refractivity contribution >= 4 is 17.5 Å². The van der Waals surface area contributed by atoms with E-state index in [0.717, 1.165) is 0 Å². The summed E-state index contributed by atoms with van der Waals surface area (Å²) in [5.74, 6) is -0.993. The number of hydrogen-bond acceptors (Lipinski definition) is 3. The molecule has 2 aromatic rings. The highest BCUT2D eigenvalue weighted by Crippen LogP contribution is 2.46. The fourth-order valence-electron chi connectivity index (χ4n) is 2.74. The quantitative estimate of drug-likeness (QED) is 0.785. The number of amides is 2. The van der Waals surface area contributed by atoms with Crippen molar-refractivity contribution in [3.63, 3.8) is 0 Å². The molecule has 2 aromatic carbocycles. The molecule has 2 N–H and O–H groups in total. The highest BCUT2D eigenvalue weighted by Gasteiger charge is 2.56. The Kier molecular flexibility index (Phi) is 4.99. The number of anilines is 1. The first-order valence-electron chi connectivity index (χ1n) is 8.38. The summed E-state index contributed by atoms with van der Waals surface area (Å²) < 4.78 is 13.6. The van der Waals surface area contributed by atoms with E-state index in [0.29, 0.717) is 36.1 Å². The fourth-order valence-corrected chi connectivity index (χ4v) is 2.74. The maximum absolute atomic E-state index is 13.6. The molecule has 0 aromatic heterocycles. The molecule has 1 fully saturated rings. The smallest absolute Gasteiger partial charge is 0.240 e. The van der Waals surface area contributed by atoms with Crippen molar-refractivity contribution in [3.8, 4) is 6.07 Å². The van der Waals surface area contributed by atoms with E-state index in [1.54, 1.807) is 42.5 Å². The van der Waals surface area contributed by atoms with Crippen LogP contribution in [0.15, 0.2) is 48.5 Å². The summed E-state index contributed by atoms with van der Waals surface area (Å²) >= 11 is 0. The Balaban J connectivity index is 1.55. The summed E-state index contributed by atoms with van der Waals surface area (Å²) in [6.07, 6.45) is 1.34. The molecule has 0 atom stereocenters. The van der Waals surface area contributed by atoms with Crippen LogP contribution in [-0.2, 0) is 16.0 Å². The van der Waals surface area contributed by atoms with E-state index in [9.17, 15) is 14.0 Å². The number of nitrogens with one attached hydrogen (secondary N) is 2. The van der Waals surface area contributed by atoms with Crippen LogP contribution in [0.25, 0.3) is 0 Å². The number of benzene rings is 2. The van der Waals surface area contributed by atoms with E-state index < -0.39 is 5.41 Å².